The molecule has 83 valence electrons. The van der Waals surface area contributed by atoms with Gasteiger partial charge in [-0.1, -0.05) is 0 Å². The first-order valence-corrected chi connectivity index (χ1v) is 8.31. The van der Waals surface area contributed by atoms with Gasteiger partial charge >= 0.3 is 94.4 Å². The Balaban J connectivity index is 0. The van der Waals surface area contributed by atoms with Gasteiger partial charge in [0, 0.05) is 0 Å². The number of halogens is 1. The molecule has 0 aliphatic carbocycles. The standard InChI is InChI=1S/C12H25.BrH.Zn/c1-3-5-7-9-11-12-10-8-6-4-2;;/h1,3-12H2,2H3;1H;. The Morgan fingerprint density at radius 2 is 1.00 bits per heavy atom. The maximum atomic E-state index is 2.29. The van der Waals surface area contributed by atoms with Crippen molar-refractivity contribution < 1.29 is 18.3 Å². The molecular formula is C12H26BrZn. The van der Waals surface area contributed by atoms with Crippen LogP contribution in [0.15, 0.2) is 0 Å². The molecule has 0 N–H and O–H groups in total. The maximum absolute atomic E-state index is 2.29. The van der Waals surface area contributed by atoms with E-state index < -0.39 is 0 Å². The third-order valence-electron chi connectivity index (χ3n) is 2.60. The van der Waals surface area contributed by atoms with Crippen LogP contribution in [0.3, 0.4) is 0 Å². The van der Waals surface area contributed by atoms with Crippen LogP contribution in [0.4, 0.5) is 0 Å². The van der Waals surface area contributed by atoms with Crippen molar-refractivity contribution in [1.29, 1.82) is 0 Å². The molecule has 0 aromatic carbocycles. The van der Waals surface area contributed by atoms with E-state index in [0.29, 0.717) is 0 Å². The zero-order valence-corrected chi connectivity index (χ0v) is 14.6. The van der Waals surface area contributed by atoms with E-state index >= 15 is 0 Å². The predicted molar refractivity (Wildman–Crippen MR) is 67.0 cm³/mol. The van der Waals surface area contributed by atoms with E-state index in [1.165, 1.54) is 87.5 Å². The van der Waals surface area contributed by atoms with Crippen molar-refractivity contribution in [3.63, 3.8) is 0 Å². The Labute approximate surface area is 111 Å². The zero-order chi connectivity index (χ0) is 9.78. The summed E-state index contributed by atoms with van der Waals surface area (Å²) in [5.41, 5.74) is 0. The van der Waals surface area contributed by atoms with Crippen LogP contribution < -0.4 is 0 Å². The molecule has 0 fully saturated rings. The molecule has 0 nitrogen and oxygen atoms in total. The van der Waals surface area contributed by atoms with Gasteiger partial charge in [0.25, 0.3) is 0 Å². The number of hydrogen-bond acceptors (Lipinski definition) is 0. The van der Waals surface area contributed by atoms with Gasteiger partial charge in [0.2, 0.25) is 0 Å². The zero-order valence-electron chi connectivity index (χ0n) is 9.89. The van der Waals surface area contributed by atoms with Crippen LogP contribution >= 0.6 is 17.0 Å². The molecule has 14 heavy (non-hydrogen) atoms. The second-order valence-electron chi connectivity index (χ2n) is 4.04. The fourth-order valence-electron chi connectivity index (χ4n) is 1.66. The van der Waals surface area contributed by atoms with Crippen molar-refractivity contribution in [3.8, 4) is 0 Å². The van der Waals surface area contributed by atoms with Gasteiger partial charge in [-0.05, 0) is 0 Å². The van der Waals surface area contributed by atoms with Crippen molar-refractivity contribution in [3.05, 3.63) is 0 Å². The van der Waals surface area contributed by atoms with Crippen molar-refractivity contribution in [1.82, 2.24) is 0 Å². The molecule has 0 aromatic rings. The minimum atomic E-state index is 0. The predicted octanol–water partition coefficient (Wildman–Crippen LogP) is 5.45. The molecule has 0 amide bonds. The second kappa shape index (κ2) is 16.5. The Kier molecular flexibility index (Phi) is 20.7. The van der Waals surface area contributed by atoms with Gasteiger partial charge in [-0.25, -0.2) is 0 Å². The molecule has 0 aromatic heterocycles. The molecule has 0 heterocycles. The van der Waals surface area contributed by atoms with E-state index in [1.54, 1.807) is 0 Å². The van der Waals surface area contributed by atoms with Crippen LogP contribution in [-0.2, 0) is 18.3 Å². The van der Waals surface area contributed by atoms with Crippen LogP contribution in [0.25, 0.3) is 0 Å². The fraction of sp³-hybridized carbons (Fsp3) is 1.00. The average Bonchev–Trinajstić information content (AvgIpc) is 2.16. The Morgan fingerprint density at radius 1 is 0.643 bits per heavy atom. The number of hydrogen-bond donors (Lipinski definition) is 0. The molecule has 2 heteroatoms. The molecule has 0 radical (unpaired) electrons. The van der Waals surface area contributed by atoms with Gasteiger partial charge in [0.05, 0.1) is 0 Å². The Hall–Kier alpha value is 1.10. The van der Waals surface area contributed by atoms with Gasteiger partial charge in [-0.3, -0.25) is 0 Å². The summed E-state index contributed by atoms with van der Waals surface area (Å²) in [7, 11) is 0. The summed E-state index contributed by atoms with van der Waals surface area (Å²) in [6.45, 7) is 2.29. The van der Waals surface area contributed by atoms with Crippen LogP contribution in [0.1, 0.15) is 71.1 Å². The fourth-order valence-corrected chi connectivity index (χ4v) is 2.41. The minimum absolute atomic E-state index is 0. The first-order chi connectivity index (χ1) is 6.41. The number of rotatable bonds is 10. The molecule has 0 rings (SSSR count). The normalized spacial score (nSPS) is 9.93. The van der Waals surface area contributed by atoms with E-state index in [1.807, 2.05) is 0 Å². The summed E-state index contributed by atoms with van der Waals surface area (Å²) in [4.78, 5) is 0. The van der Waals surface area contributed by atoms with Crippen molar-refractivity contribution >= 4 is 17.0 Å². The molecule has 0 aliphatic heterocycles. The van der Waals surface area contributed by atoms with Crippen molar-refractivity contribution in [2.24, 2.45) is 0 Å². The SMILES string of the molecule is Br.CCCCCCCCCCC[CH2][Zn]. The summed E-state index contributed by atoms with van der Waals surface area (Å²) in [5, 5.41) is 1.50. The van der Waals surface area contributed by atoms with E-state index in [2.05, 4.69) is 6.92 Å². The van der Waals surface area contributed by atoms with Gasteiger partial charge in [0.15, 0.2) is 0 Å². The van der Waals surface area contributed by atoms with Gasteiger partial charge in [0.1, 0.15) is 0 Å². The van der Waals surface area contributed by atoms with E-state index in [4.69, 9.17) is 0 Å². The van der Waals surface area contributed by atoms with Crippen LogP contribution in [0, 0.1) is 0 Å². The van der Waals surface area contributed by atoms with Gasteiger partial charge in [-0.2, -0.15) is 0 Å². The summed E-state index contributed by atoms with van der Waals surface area (Å²) >= 11 is 1.50. The van der Waals surface area contributed by atoms with Crippen molar-refractivity contribution in [2.45, 2.75) is 76.1 Å². The number of unbranched alkanes of at least 4 members (excludes halogenated alkanes) is 9. The van der Waals surface area contributed by atoms with Crippen LogP contribution in [0.2, 0.25) is 5.02 Å². The molecule has 0 saturated heterocycles. The first-order valence-electron chi connectivity index (χ1n) is 6.21. The average molecular weight is 316 g/mol. The third-order valence-corrected chi connectivity index (χ3v) is 3.65. The topological polar surface area (TPSA) is 0 Å². The summed E-state index contributed by atoms with van der Waals surface area (Å²) in [6.07, 6.45) is 14.7. The molecular weight excluding hydrogens is 289 g/mol. The van der Waals surface area contributed by atoms with E-state index in [-0.39, 0.29) is 17.0 Å². The van der Waals surface area contributed by atoms with Crippen molar-refractivity contribution in [2.75, 3.05) is 0 Å². The summed E-state index contributed by atoms with van der Waals surface area (Å²) < 4.78 is 0. The summed E-state index contributed by atoms with van der Waals surface area (Å²) in [6, 6.07) is 0. The van der Waals surface area contributed by atoms with E-state index in [0.717, 1.165) is 0 Å². The monoisotopic (exact) mass is 313 g/mol. The third kappa shape index (κ3) is 15.6. The molecule has 0 atom stereocenters. The van der Waals surface area contributed by atoms with Gasteiger partial charge in [-0.15, -0.1) is 17.0 Å². The molecule has 0 aliphatic rings. The quantitative estimate of drug-likeness (QED) is 0.371. The molecule has 0 spiro atoms. The second-order valence-corrected chi connectivity index (χ2v) is 5.52. The Morgan fingerprint density at radius 3 is 1.36 bits per heavy atom. The molecule has 0 saturated carbocycles. The molecule has 0 unspecified atom stereocenters. The first kappa shape index (κ1) is 17.5. The van der Waals surface area contributed by atoms with Crippen LogP contribution in [0.5, 0.6) is 0 Å². The van der Waals surface area contributed by atoms with E-state index in [9.17, 15) is 0 Å². The summed E-state index contributed by atoms with van der Waals surface area (Å²) in [5.74, 6) is 0. The molecule has 0 bridgehead atoms. The van der Waals surface area contributed by atoms with Gasteiger partial charge < -0.3 is 0 Å². The Bertz CT molecular complexity index is 76.4. The van der Waals surface area contributed by atoms with Crippen LogP contribution in [-0.4, -0.2) is 0 Å².